The second-order valence-corrected chi connectivity index (χ2v) is 6.22. The van der Waals surface area contributed by atoms with E-state index in [2.05, 4.69) is 6.07 Å². The maximum Gasteiger partial charge on any atom is 0.293 e. The van der Waals surface area contributed by atoms with Crippen LogP contribution < -0.4 is 0 Å². The van der Waals surface area contributed by atoms with Gasteiger partial charge in [0.1, 0.15) is 11.5 Å². The average molecular weight is 338 g/mol. The molecule has 0 saturated carbocycles. The fourth-order valence-corrected chi connectivity index (χ4v) is 3.19. The van der Waals surface area contributed by atoms with E-state index in [0.29, 0.717) is 28.5 Å². The number of thioether (sulfide) groups is 1. The van der Waals surface area contributed by atoms with Crippen LogP contribution in [0.25, 0.3) is 17.4 Å². The van der Waals surface area contributed by atoms with Crippen LogP contribution in [0.1, 0.15) is 24.7 Å². The van der Waals surface area contributed by atoms with Crippen molar-refractivity contribution < 1.29 is 14.0 Å². The highest BCUT2D eigenvalue weighted by Gasteiger charge is 2.34. The highest BCUT2D eigenvalue weighted by molar-refractivity contribution is 8.18. The number of rotatable bonds is 4. The molecule has 5 nitrogen and oxygen atoms in total. The van der Waals surface area contributed by atoms with Gasteiger partial charge in [0.15, 0.2) is 0 Å². The molecule has 1 aliphatic heterocycles. The summed E-state index contributed by atoms with van der Waals surface area (Å²) in [7, 11) is 0. The van der Waals surface area contributed by atoms with E-state index in [9.17, 15) is 9.59 Å². The minimum atomic E-state index is -0.275. The summed E-state index contributed by atoms with van der Waals surface area (Å²) in [5.74, 6) is 0.873. The standard InChI is InChI=1S/C18H14N2O3S/c1-2-9-20-17(21)16(24-18(20)22)10-14-7-8-15(23-14)13-5-3-12(11-19)4-6-13/h3-8,10H,2,9H2,1H3. The number of hydrogen-bond donors (Lipinski definition) is 0. The average Bonchev–Trinajstić information content (AvgIpc) is 3.16. The number of nitriles is 1. The fourth-order valence-electron chi connectivity index (χ4n) is 2.34. The van der Waals surface area contributed by atoms with Crippen LogP contribution in [0.4, 0.5) is 4.79 Å². The van der Waals surface area contributed by atoms with Crippen LogP contribution in [0.5, 0.6) is 0 Å². The Labute approximate surface area is 143 Å². The number of furan rings is 1. The van der Waals surface area contributed by atoms with Crippen molar-refractivity contribution in [1.82, 2.24) is 4.90 Å². The maximum absolute atomic E-state index is 12.2. The molecule has 0 atom stereocenters. The molecule has 3 rings (SSSR count). The van der Waals surface area contributed by atoms with Crippen LogP contribution in [0.3, 0.4) is 0 Å². The largest absolute Gasteiger partial charge is 0.457 e. The summed E-state index contributed by atoms with van der Waals surface area (Å²) in [6.07, 6.45) is 2.32. The van der Waals surface area contributed by atoms with E-state index >= 15 is 0 Å². The quantitative estimate of drug-likeness (QED) is 0.779. The van der Waals surface area contributed by atoms with Crippen molar-refractivity contribution >= 4 is 29.0 Å². The lowest BCUT2D eigenvalue weighted by Gasteiger charge is -2.09. The zero-order valence-electron chi connectivity index (χ0n) is 13.0. The zero-order chi connectivity index (χ0) is 17.1. The number of benzene rings is 1. The van der Waals surface area contributed by atoms with Gasteiger partial charge in [0.05, 0.1) is 16.5 Å². The summed E-state index contributed by atoms with van der Waals surface area (Å²) in [5.41, 5.74) is 1.42. The van der Waals surface area contributed by atoms with Gasteiger partial charge < -0.3 is 4.42 Å². The molecule has 6 heteroatoms. The predicted molar refractivity (Wildman–Crippen MR) is 91.8 cm³/mol. The van der Waals surface area contributed by atoms with Gasteiger partial charge in [-0.15, -0.1) is 0 Å². The molecule has 0 spiro atoms. The Balaban J connectivity index is 1.82. The number of carbonyl (C=O) groups excluding carboxylic acids is 2. The summed E-state index contributed by atoms with van der Waals surface area (Å²) in [6.45, 7) is 2.35. The minimum absolute atomic E-state index is 0.244. The molecular weight excluding hydrogens is 324 g/mol. The Bertz CT molecular complexity index is 859. The molecular formula is C18H14N2O3S. The molecule has 2 amide bonds. The molecule has 1 aromatic heterocycles. The highest BCUT2D eigenvalue weighted by atomic mass is 32.2. The fraction of sp³-hybridized carbons (Fsp3) is 0.167. The van der Waals surface area contributed by atoms with Crippen molar-refractivity contribution in [2.24, 2.45) is 0 Å². The Morgan fingerprint density at radius 2 is 1.96 bits per heavy atom. The van der Waals surface area contributed by atoms with Crippen molar-refractivity contribution in [2.45, 2.75) is 13.3 Å². The van der Waals surface area contributed by atoms with E-state index in [1.807, 2.05) is 6.92 Å². The van der Waals surface area contributed by atoms with E-state index in [0.717, 1.165) is 23.7 Å². The molecule has 0 bridgehead atoms. The van der Waals surface area contributed by atoms with Gasteiger partial charge in [-0.3, -0.25) is 14.5 Å². The van der Waals surface area contributed by atoms with Crippen LogP contribution in [0.2, 0.25) is 0 Å². The van der Waals surface area contributed by atoms with Crippen LogP contribution in [0.15, 0.2) is 45.7 Å². The Hall–Kier alpha value is -2.78. The van der Waals surface area contributed by atoms with Gasteiger partial charge in [-0.05, 0) is 54.6 Å². The van der Waals surface area contributed by atoms with Crippen LogP contribution in [-0.4, -0.2) is 22.6 Å². The van der Waals surface area contributed by atoms with E-state index in [1.165, 1.54) is 4.90 Å². The van der Waals surface area contributed by atoms with Gasteiger partial charge >= 0.3 is 0 Å². The number of hydrogen-bond acceptors (Lipinski definition) is 5. The molecule has 1 aromatic carbocycles. The van der Waals surface area contributed by atoms with Crippen molar-refractivity contribution in [2.75, 3.05) is 6.54 Å². The summed E-state index contributed by atoms with van der Waals surface area (Å²) in [6, 6.07) is 12.6. The number of nitrogens with zero attached hydrogens (tertiary/aromatic N) is 2. The SMILES string of the molecule is CCCN1C(=O)SC(=Cc2ccc(-c3ccc(C#N)cc3)o2)C1=O. The number of imide groups is 1. The van der Waals surface area contributed by atoms with E-state index in [1.54, 1.807) is 42.5 Å². The predicted octanol–water partition coefficient (Wildman–Crippen LogP) is 4.26. The molecule has 1 fully saturated rings. The van der Waals surface area contributed by atoms with E-state index in [-0.39, 0.29) is 11.1 Å². The summed E-state index contributed by atoms with van der Waals surface area (Å²) in [4.78, 5) is 25.7. The third-order valence-corrected chi connectivity index (χ3v) is 4.43. The van der Waals surface area contributed by atoms with Crippen molar-refractivity contribution in [3.05, 3.63) is 52.6 Å². The molecule has 24 heavy (non-hydrogen) atoms. The molecule has 0 aliphatic carbocycles. The molecule has 1 saturated heterocycles. The second-order valence-electron chi connectivity index (χ2n) is 5.22. The zero-order valence-corrected chi connectivity index (χ0v) is 13.8. The minimum Gasteiger partial charge on any atom is -0.457 e. The van der Waals surface area contributed by atoms with Gasteiger partial charge in [0.2, 0.25) is 0 Å². The first-order valence-corrected chi connectivity index (χ1v) is 8.29. The van der Waals surface area contributed by atoms with Gasteiger partial charge in [0, 0.05) is 18.2 Å². The lowest BCUT2D eigenvalue weighted by atomic mass is 10.1. The topological polar surface area (TPSA) is 74.3 Å². The first-order chi connectivity index (χ1) is 11.6. The van der Waals surface area contributed by atoms with Crippen LogP contribution in [-0.2, 0) is 4.79 Å². The molecule has 120 valence electrons. The van der Waals surface area contributed by atoms with Crippen molar-refractivity contribution in [1.29, 1.82) is 5.26 Å². The Morgan fingerprint density at radius 1 is 1.21 bits per heavy atom. The van der Waals surface area contributed by atoms with Crippen LogP contribution >= 0.6 is 11.8 Å². The summed E-state index contributed by atoms with van der Waals surface area (Å²) >= 11 is 0.929. The van der Waals surface area contributed by atoms with Gasteiger partial charge in [-0.2, -0.15) is 5.26 Å². The number of carbonyl (C=O) groups is 2. The Kier molecular flexibility index (Phi) is 4.54. The summed E-state index contributed by atoms with van der Waals surface area (Å²) < 4.78 is 5.73. The molecule has 0 N–H and O–H groups in total. The van der Waals surface area contributed by atoms with Gasteiger partial charge in [-0.1, -0.05) is 6.92 Å². The first-order valence-electron chi connectivity index (χ1n) is 7.48. The first kappa shape index (κ1) is 16.1. The van der Waals surface area contributed by atoms with E-state index in [4.69, 9.17) is 9.68 Å². The smallest absolute Gasteiger partial charge is 0.293 e. The Morgan fingerprint density at radius 3 is 2.62 bits per heavy atom. The van der Waals surface area contributed by atoms with Crippen molar-refractivity contribution in [3.8, 4) is 17.4 Å². The molecule has 0 radical (unpaired) electrons. The lowest BCUT2D eigenvalue weighted by Crippen LogP contribution is -2.28. The van der Waals surface area contributed by atoms with Gasteiger partial charge in [0.25, 0.3) is 11.1 Å². The normalized spacial score (nSPS) is 16.0. The third kappa shape index (κ3) is 3.12. The molecule has 1 aliphatic rings. The molecule has 2 heterocycles. The monoisotopic (exact) mass is 338 g/mol. The molecule has 0 unspecified atom stereocenters. The number of amides is 2. The third-order valence-electron chi connectivity index (χ3n) is 3.52. The highest BCUT2D eigenvalue weighted by Crippen LogP contribution is 2.33. The summed E-state index contributed by atoms with van der Waals surface area (Å²) in [5, 5.41) is 8.58. The van der Waals surface area contributed by atoms with Crippen molar-refractivity contribution in [3.63, 3.8) is 0 Å². The molecule has 2 aromatic rings. The second kappa shape index (κ2) is 6.77. The van der Waals surface area contributed by atoms with Gasteiger partial charge in [-0.25, -0.2) is 0 Å². The van der Waals surface area contributed by atoms with Crippen LogP contribution in [0, 0.1) is 11.3 Å². The lowest BCUT2D eigenvalue weighted by molar-refractivity contribution is -0.122. The maximum atomic E-state index is 12.2. The van der Waals surface area contributed by atoms with E-state index < -0.39 is 0 Å².